The summed E-state index contributed by atoms with van der Waals surface area (Å²) in [6.07, 6.45) is 5.97. The van der Waals surface area contributed by atoms with E-state index in [0.29, 0.717) is 12.8 Å². The molecule has 0 bridgehead atoms. The van der Waals surface area contributed by atoms with Gasteiger partial charge in [-0.3, -0.25) is 0 Å². The molecule has 1 N–H and O–H groups in total. The van der Waals surface area contributed by atoms with Crippen LogP contribution in [0.5, 0.6) is 0 Å². The third kappa shape index (κ3) is 1.31. The fraction of sp³-hybridized carbons (Fsp3) is 1.00. The first-order valence-corrected chi connectivity index (χ1v) is 7.01. The van der Waals surface area contributed by atoms with Crippen LogP contribution in [0.1, 0.15) is 44.9 Å². The Bertz CT molecular complexity index is 292. The zero-order valence-corrected chi connectivity index (χ0v) is 9.22. The fourth-order valence-electron chi connectivity index (χ4n) is 2.66. The van der Waals surface area contributed by atoms with Gasteiger partial charge in [0.25, 0.3) is 0 Å². The second kappa shape index (κ2) is 3.49. The van der Waals surface area contributed by atoms with Gasteiger partial charge in [0.2, 0.25) is 0 Å². The van der Waals surface area contributed by atoms with E-state index in [4.69, 9.17) is 0 Å². The molecule has 0 amide bonds. The van der Waals surface area contributed by atoms with Crippen LogP contribution in [0.4, 0.5) is 0 Å². The van der Waals surface area contributed by atoms with Gasteiger partial charge in [-0.25, -0.2) is 8.42 Å². The Hall–Kier alpha value is -0.0900. The van der Waals surface area contributed by atoms with E-state index in [-0.39, 0.29) is 11.9 Å². The molecule has 3 nitrogen and oxygen atoms in total. The van der Waals surface area contributed by atoms with Crippen LogP contribution < -0.4 is 0 Å². The Morgan fingerprint density at radius 1 is 1.14 bits per heavy atom. The molecule has 2 aliphatic rings. The molecule has 4 heteroatoms. The summed E-state index contributed by atoms with van der Waals surface area (Å²) in [4.78, 5) is 0. The molecule has 0 spiro atoms. The van der Waals surface area contributed by atoms with Crippen molar-refractivity contribution in [2.24, 2.45) is 0 Å². The number of sulfone groups is 1. The zero-order chi connectivity index (χ0) is 10.2. The van der Waals surface area contributed by atoms with Crippen LogP contribution in [-0.4, -0.2) is 30.1 Å². The predicted octanol–water partition coefficient (Wildman–Crippen LogP) is 1.26. The molecule has 0 radical (unpaired) electrons. The Labute approximate surface area is 85.4 Å². The molecule has 0 aromatic heterocycles. The number of aliphatic hydroxyl groups is 1. The largest absolute Gasteiger partial charge is 0.395 e. The van der Waals surface area contributed by atoms with Gasteiger partial charge in [-0.15, -0.1) is 0 Å². The van der Waals surface area contributed by atoms with Gasteiger partial charge in [0.15, 0.2) is 9.84 Å². The van der Waals surface area contributed by atoms with Crippen LogP contribution in [0.25, 0.3) is 0 Å². The standard InChI is InChI=1S/C10H18O3S/c11-8-10(6-3-7-10)14(12,13)9-4-1-2-5-9/h9,11H,1-8H2. The topological polar surface area (TPSA) is 54.4 Å². The highest BCUT2D eigenvalue weighted by atomic mass is 32.2. The first-order chi connectivity index (χ1) is 6.62. The molecule has 0 saturated heterocycles. The summed E-state index contributed by atoms with van der Waals surface area (Å²) in [5.74, 6) is 0. The van der Waals surface area contributed by atoms with E-state index in [9.17, 15) is 13.5 Å². The highest BCUT2D eigenvalue weighted by Crippen LogP contribution is 2.44. The van der Waals surface area contributed by atoms with Gasteiger partial charge in [0.1, 0.15) is 0 Å². The highest BCUT2D eigenvalue weighted by molar-refractivity contribution is 7.93. The summed E-state index contributed by atoms with van der Waals surface area (Å²) in [7, 11) is -3.06. The molecule has 0 unspecified atom stereocenters. The van der Waals surface area contributed by atoms with Crippen LogP contribution in [0, 0.1) is 0 Å². The van der Waals surface area contributed by atoms with Crippen molar-refractivity contribution in [3.8, 4) is 0 Å². The number of rotatable bonds is 3. The highest BCUT2D eigenvalue weighted by Gasteiger charge is 2.51. The van der Waals surface area contributed by atoms with E-state index in [1.165, 1.54) is 0 Å². The number of hydrogen-bond acceptors (Lipinski definition) is 3. The molecule has 2 fully saturated rings. The van der Waals surface area contributed by atoms with Crippen molar-refractivity contribution in [1.82, 2.24) is 0 Å². The van der Waals surface area contributed by atoms with E-state index in [1.807, 2.05) is 0 Å². The Morgan fingerprint density at radius 3 is 2.07 bits per heavy atom. The second-order valence-electron chi connectivity index (χ2n) is 4.65. The normalized spacial score (nSPS) is 27.5. The van der Waals surface area contributed by atoms with Crippen LogP contribution in [0.15, 0.2) is 0 Å². The molecule has 0 heterocycles. The first kappa shape index (κ1) is 10.4. The van der Waals surface area contributed by atoms with E-state index >= 15 is 0 Å². The van der Waals surface area contributed by atoms with E-state index in [0.717, 1.165) is 32.1 Å². The smallest absolute Gasteiger partial charge is 0.161 e. The lowest BCUT2D eigenvalue weighted by Gasteiger charge is -2.41. The molecule has 0 aliphatic heterocycles. The lowest BCUT2D eigenvalue weighted by atomic mass is 9.85. The molecule has 0 aromatic carbocycles. The fourth-order valence-corrected chi connectivity index (χ4v) is 5.35. The van der Waals surface area contributed by atoms with Gasteiger partial charge in [-0.2, -0.15) is 0 Å². The maximum absolute atomic E-state index is 12.2. The average Bonchev–Trinajstić information content (AvgIpc) is 2.53. The molecular formula is C10H18O3S. The van der Waals surface area contributed by atoms with Crippen molar-refractivity contribution in [2.45, 2.75) is 54.9 Å². The van der Waals surface area contributed by atoms with Crippen molar-refractivity contribution >= 4 is 9.84 Å². The van der Waals surface area contributed by atoms with Gasteiger partial charge in [-0.1, -0.05) is 19.3 Å². The SMILES string of the molecule is O=S(=O)(C1CCCC1)C1(CO)CCC1. The van der Waals surface area contributed by atoms with Crippen LogP contribution in [0.2, 0.25) is 0 Å². The summed E-state index contributed by atoms with van der Waals surface area (Å²) in [6.45, 7) is -0.175. The molecule has 0 atom stereocenters. The molecular weight excluding hydrogens is 200 g/mol. The van der Waals surface area contributed by atoms with Crippen LogP contribution >= 0.6 is 0 Å². The van der Waals surface area contributed by atoms with E-state index in [1.54, 1.807) is 0 Å². The minimum absolute atomic E-state index is 0.157. The Balaban J connectivity index is 2.21. The van der Waals surface area contributed by atoms with Crippen molar-refractivity contribution in [3.63, 3.8) is 0 Å². The molecule has 14 heavy (non-hydrogen) atoms. The Morgan fingerprint density at radius 2 is 1.71 bits per heavy atom. The van der Waals surface area contributed by atoms with Gasteiger partial charge < -0.3 is 5.11 Å². The quantitative estimate of drug-likeness (QED) is 0.776. The van der Waals surface area contributed by atoms with Gasteiger partial charge in [0.05, 0.1) is 16.6 Å². The molecule has 2 saturated carbocycles. The second-order valence-corrected chi connectivity index (χ2v) is 7.27. The molecule has 82 valence electrons. The summed E-state index contributed by atoms with van der Waals surface area (Å²) in [5.41, 5.74) is 0. The maximum Gasteiger partial charge on any atom is 0.161 e. The average molecular weight is 218 g/mol. The molecule has 0 aromatic rings. The van der Waals surface area contributed by atoms with Crippen molar-refractivity contribution in [2.75, 3.05) is 6.61 Å². The third-order valence-electron chi connectivity index (χ3n) is 3.90. The predicted molar refractivity (Wildman–Crippen MR) is 54.8 cm³/mol. The summed E-state index contributed by atoms with van der Waals surface area (Å²) in [5, 5.41) is 9.10. The van der Waals surface area contributed by atoms with Crippen LogP contribution in [0.3, 0.4) is 0 Å². The summed E-state index contributed by atoms with van der Waals surface area (Å²) < 4.78 is 23.7. The van der Waals surface area contributed by atoms with Crippen molar-refractivity contribution < 1.29 is 13.5 Å². The lowest BCUT2D eigenvalue weighted by molar-refractivity contribution is 0.180. The van der Waals surface area contributed by atoms with Crippen molar-refractivity contribution in [3.05, 3.63) is 0 Å². The maximum atomic E-state index is 12.2. The van der Waals surface area contributed by atoms with Crippen LogP contribution in [-0.2, 0) is 9.84 Å². The van der Waals surface area contributed by atoms with Gasteiger partial charge >= 0.3 is 0 Å². The van der Waals surface area contributed by atoms with Gasteiger partial charge in [0, 0.05) is 0 Å². The Kier molecular flexibility index (Phi) is 2.60. The zero-order valence-electron chi connectivity index (χ0n) is 8.41. The number of hydrogen-bond donors (Lipinski definition) is 1. The minimum atomic E-state index is -3.06. The minimum Gasteiger partial charge on any atom is -0.395 e. The summed E-state index contributed by atoms with van der Waals surface area (Å²) in [6, 6.07) is 0. The number of aliphatic hydroxyl groups excluding tert-OH is 1. The van der Waals surface area contributed by atoms with Crippen molar-refractivity contribution in [1.29, 1.82) is 0 Å². The first-order valence-electron chi connectivity index (χ1n) is 5.47. The van der Waals surface area contributed by atoms with Gasteiger partial charge in [-0.05, 0) is 25.7 Å². The summed E-state index contributed by atoms with van der Waals surface area (Å²) >= 11 is 0. The molecule has 2 aliphatic carbocycles. The molecule has 2 rings (SSSR count). The monoisotopic (exact) mass is 218 g/mol. The van der Waals surface area contributed by atoms with E-state index < -0.39 is 14.6 Å². The lowest BCUT2D eigenvalue weighted by Crippen LogP contribution is -2.51. The third-order valence-corrected chi connectivity index (χ3v) is 6.99. The van der Waals surface area contributed by atoms with E-state index in [2.05, 4.69) is 0 Å².